The number of amides is 1. The number of aromatic nitrogens is 2. The number of benzene rings is 1. The number of aryl methyl sites for hydroxylation is 1. The van der Waals surface area contributed by atoms with E-state index in [9.17, 15) is 9.18 Å². The van der Waals surface area contributed by atoms with Crippen molar-refractivity contribution in [1.82, 2.24) is 20.0 Å². The molecule has 0 radical (unpaired) electrons. The summed E-state index contributed by atoms with van der Waals surface area (Å²) in [6.45, 7) is 8.68. The van der Waals surface area contributed by atoms with Crippen molar-refractivity contribution < 1.29 is 9.18 Å². The van der Waals surface area contributed by atoms with Crippen LogP contribution in [0, 0.1) is 11.2 Å². The normalized spacial score (nSPS) is 17.3. The number of likely N-dealkylation sites (tertiary alicyclic amines) is 1. The standard InChI is InChI=1S/C23H33FN4O/c1-23(2,3)13-21(18-5-7-20(24)8-6-18)26-22(29)16-28-11-9-17(10-12-28)19-14-25-27(4)15-19/h5-8,14-15,17,21H,9-13,16H2,1-4H3,(H,26,29). The topological polar surface area (TPSA) is 50.2 Å². The SMILES string of the molecule is Cn1cc(C2CCN(CC(=O)NC(CC(C)(C)C)c3ccc(F)cc3)CC2)cn1. The second kappa shape index (κ2) is 9.08. The molecular formula is C23H33FN4O. The van der Waals surface area contributed by atoms with Crippen LogP contribution in [0.4, 0.5) is 4.39 Å². The van der Waals surface area contributed by atoms with Gasteiger partial charge in [0.05, 0.1) is 18.8 Å². The predicted molar refractivity (Wildman–Crippen MR) is 113 cm³/mol. The highest BCUT2D eigenvalue weighted by Crippen LogP contribution is 2.30. The zero-order valence-corrected chi connectivity index (χ0v) is 18.0. The lowest BCUT2D eigenvalue weighted by atomic mass is 9.85. The Morgan fingerprint density at radius 1 is 1.24 bits per heavy atom. The number of nitrogens with zero attached hydrogens (tertiary/aromatic N) is 3. The molecule has 1 aliphatic rings. The first-order valence-corrected chi connectivity index (χ1v) is 10.5. The molecule has 0 saturated carbocycles. The van der Waals surface area contributed by atoms with Crippen LogP contribution < -0.4 is 5.32 Å². The minimum atomic E-state index is -0.258. The lowest BCUT2D eigenvalue weighted by Crippen LogP contribution is -2.42. The molecule has 1 aromatic heterocycles. The third-order valence-electron chi connectivity index (χ3n) is 5.58. The molecule has 1 saturated heterocycles. The molecule has 1 unspecified atom stereocenters. The van der Waals surface area contributed by atoms with E-state index in [1.54, 1.807) is 12.1 Å². The van der Waals surface area contributed by atoms with Gasteiger partial charge in [-0.15, -0.1) is 0 Å². The Balaban J connectivity index is 1.55. The van der Waals surface area contributed by atoms with Gasteiger partial charge in [0, 0.05) is 13.2 Å². The Morgan fingerprint density at radius 2 is 1.90 bits per heavy atom. The van der Waals surface area contributed by atoms with E-state index in [0.29, 0.717) is 12.5 Å². The molecule has 2 aromatic rings. The zero-order chi connectivity index (χ0) is 21.0. The Morgan fingerprint density at radius 3 is 2.45 bits per heavy atom. The fourth-order valence-corrected chi connectivity index (χ4v) is 4.08. The summed E-state index contributed by atoms with van der Waals surface area (Å²) in [4.78, 5) is 15.0. The van der Waals surface area contributed by atoms with Gasteiger partial charge in [-0.2, -0.15) is 5.10 Å². The number of nitrogens with one attached hydrogen (secondary N) is 1. The first kappa shape index (κ1) is 21.5. The van der Waals surface area contributed by atoms with Crippen LogP contribution in [0.1, 0.15) is 63.1 Å². The van der Waals surface area contributed by atoms with Crippen LogP contribution in [0.3, 0.4) is 0 Å². The van der Waals surface area contributed by atoms with E-state index in [2.05, 4.69) is 42.3 Å². The fourth-order valence-electron chi connectivity index (χ4n) is 4.08. The summed E-state index contributed by atoms with van der Waals surface area (Å²) >= 11 is 0. The largest absolute Gasteiger partial charge is 0.348 e. The predicted octanol–water partition coefficient (Wildman–Crippen LogP) is 4.03. The smallest absolute Gasteiger partial charge is 0.234 e. The number of carbonyl (C=O) groups excluding carboxylic acids is 1. The fraction of sp³-hybridized carbons (Fsp3) is 0.565. The van der Waals surface area contributed by atoms with Crippen molar-refractivity contribution in [2.24, 2.45) is 12.5 Å². The molecule has 6 heteroatoms. The van der Waals surface area contributed by atoms with Gasteiger partial charge in [0.15, 0.2) is 0 Å². The number of hydrogen-bond acceptors (Lipinski definition) is 3. The van der Waals surface area contributed by atoms with E-state index in [-0.39, 0.29) is 23.2 Å². The van der Waals surface area contributed by atoms with Crippen molar-refractivity contribution in [2.75, 3.05) is 19.6 Å². The van der Waals surface area contributed by atoms with Crippen molar-refractivity contribution >= 4 is 5.91 Å². The number of piperidine rings is 1. The highest BCUT2D eigenvalue weighted by molar-refractivity contribution is 5.78. The molecule has 1 aliphatic heterocycles. The van der Waals surface area contributed by atoms with E-state index in [4.69, 9.17) is 0 Å². The quantitative estimate of drug-likeness (QED) is 0.796. The molecule has 2 heterocycles. The number of carbonyl (C=O) groups is 1. The third-order valence-corrected chi connectivity index (χ3v) is 5.58. The van der Waals surface area contributed by atoms with E-state index in [1.807, 2.05) is 17.9 Å². The van der Waals surface area contributed by atoms with Crippen molar-refractivity contribution in [2.45, 2.75) is 52.0 Å². The molecule has 29 heavy (non-hydrogen) atoms. The average Bonchev–Trinajstić information content (AvgIpc) is 3.07. The molecule has 5 nitrogen and oxygen atoms in total. The zero-order valence-electron chi connectivity index (χ0n) is 18.0. The van der Waals surface area contributed by atoms with E-state index in [1.165, 1.54) is 17.7 Å². The first-order valence-electron chi connectivity index (χ1n) is 10.5. The lowest BCUT2D eigenvalue weighted by Gasteiger charge is -2.32. The average molecular weight is 401 g/mol. The summed E-state index contributed by atoms with van der Waals surface area (Å²) in [6, 6.07) is 6.34. The summed E-state index contributed by atoms with van der Waals surface area (Å²) in [5.41, 5.74) is 2.29. The maximum absolute atomic E-state index is 13.3. The van der Waals surface area contributed by atoms with Crippen LogP contribution in [0.25, 0.3) is 0 Å². The number of hydrogen-bond donors (Lipinski definition) is 1. The molecule has 1 aromatic carbocycles. The summed E-state index contributed by atoms with van der Waals surface area (Å²) in [6.07, 6.45) is 6.93. The van der Waals surface area contributed by atoms with Gasteiger partial charge in [-0.3, -0.25) is 14.4 Å². The molecule has 0 spiro atoms. The van der Waals surface area contributed by atoms with Crippen LogP contribution >= 0.6 is 0 Å². The minimum absolute atomic E-state index is 0.0309. The van der Waals surface area contributed by atoms with E-state index >= 15 is 0 Å². The second-order valence-corrected chi connectivity index (χ2v) is 9.43. The summed E-state index contributed by atoms with van der Waals surface area (Å²) < 4.78 is 15.2. The number of rotatable bonds is 6. The van der Waals surface area contributed by atoms with Crippen LogP contribution in [0.5, 0.6) is 0 Å². The van der Waals surface area contributed by atoms with Crippen LogP contribution in [0.15, 0.2) is 36.7 Å². The Hall–Kier alpha value is -2.21. The molecular weight excluding hydrogens is 367 g/mol. The van der Waals surface area contributed by atoms with E-state index in [0.717, 1.165) is 37.9 Å². The molecule has 1 amide bonds. The Bertz CT molecular complexity index is 801. The van der Waals surface area contributed by atoms with Gasteiger partial charge in [-0.05, 0) is 66.9 Å². The molecule has 0 bridgehead atoms. The third kappa shape index (κ3) is 6.39. The van der Waals surface area contributed by atoms with Crippen LogP contribution in [-0.2, 0) is 11.8 Å². The molecule has 1 atom stereocenters. The van der Waals surface area contributed by atoms with Crippen molar-refractivity contribution in [3.63, 3.8) is 0 Å². The molecule has 158 valence electrons. The molecule has 1 fully saturated rings. The van der Waals surface area contributed by atoms with Crippen molar-refractivity contribution in [3.8, 4) is 0 Å². The van der Waals surface area contributed by atoms with Gasteiger partial charge >= 0.3 is 0 Å². The second-order valence-electron chi connectivity index (χ2n) is 9.43. The molecule has 1 N–H and O–H groups in total. The Kier molecular flexibility index (Phi) is 6.73. The van der Waals surface area contributed by atoms with Gasteiger partial charge in [0.2, 0.25) is 5.91 Å². The lowest BCUT2D eigenvalue weighted by molar-refractivity contribution is -0.123. The summed E-state index contributed by atoms with van der Waals surface area (Å²) in [5.74, 6) is 0.297. The van der Waals surface area contributed by atoms with Gasteiger partial charge < -0.3 is 5.32 Å². The molecule has 0 aliphatic carbocycles. The van der Waals surface area contributed by atoms with E-state index < -0.39 is 0 Å². The first-order chi connectivity index (χ1) is 13.7. The number of halogens is 1. The Labute approximate surface area is 173 Å². The van der Waals surface area contributed by atoms with Gasteiger partial charge in [-0.1, -0.05) is 32.9 Å². The minimum Gasteiger partial charge on any atom is -0.348 e. The summed E-state index contributed by atoms with van der Waals surface area (Å²) in [5, 5.41) is 7.46. The van der Waals surface area contributed by atoms with Gasteiger partial charge in [0.1, 0.15) is 5.82 Å². The highest BCUT2D eigenvalue weighted by Gasteiger charge is 2.25. The van der Waals surface area contributed by atoms with Gasteiger partial charge in [0.25, 0.3) is 0 Å². The van der Waals surface area contributed by atoms with Crippen LogP contribution in [-0.4, -0.2) is 40.2 Å². The summed E-state index contributed by atoms with van der Waals surface area (Å²) in [7, 11) is 1.94. The molecule has 3 rings (SSSR count). The highest BCUT2D eigenvalue weighted by atomic mass is 19.1. The maximum Gasteiger partial charge on any atom is 0.234 e. The van der Waals surface area contributed by atoms with Crippen molar-refractivity contribution in [1.29, 1.82) is 0 Å². The van der Waals surface area contributed by atoms with Gasteiger partial charge in [-0.25, -0.2) is 4.39 Å². The monoisotopic (exact) mass is 400 g/mol. The van der Waals surface area contributed by atoms with Crippen molar-refractivity contribution in [3.05, 3.63) is 53.6 Å². The maximum atomic E-state index is 13.3. The van der Waals surface area contributed by atoms with Crippen LogP contribution in [0.2, 0.25) is 0 Å².